The lowest BCUT2D eigenvalue weighted by atomic mass is 10.3. The van der Waals surface area contributed by atoms with Crippen LogP contribution in [-0.4, -0.2) is 23.6 Å². The second-order valence-electron chi connectivity index (χ2n) is 4.59. The summed E-state index contributed by atoms with van der Waals surface area (Å²) in [6, 6.07) is 4.16. The highest BCUT2D eigenvalue weighted by atomic mass is 32.2. The van der Waals surface area contributed by atoms with Crippen LogP contribution in [0.25, 0.3) is 11.1 Å². The number of aryl methyl sites for hydroxylation is 2. The van der Waals surface area contributed by atoms with E-state index in [0.717, 1.165) is 0 Å². The summed E-state index contributed by atoms with van der Waals surface area (Å²) in [6.45, 7) is 3.40. The summed E-state index contributed by atoms with van der Waals surface area (Å²) in [5, 5.41) is 6.63. The van der Waals surface area contributed by atoms with E-state index in [1.54, 1.807) is 13.8 Å². The van der Waals surface area contributed by atoms with Crippen molar-refractivity contribution >= 4 is 26.8 Å². The van der Waals surface area contributed by atoms with Gasteiger partial charge in [-0.1, -0.05) is 0 Å². The molecular weight excluding hydrogens is 296 g/mol. The zero-order valence-corrected chi connectivity index (χ0v) is 12.0. The second-order valence-corrected chi connectivity index (χ2v) is 6.27. The van der Waals surface area contributed by atoms with Crippen molar-refractivity contribution < 1.29 is 12.8 Å². The van der Waals surface area contributed by atoms with E-state index in [0.29, 0.717) is 22.6 Å². The molecule has 0 aliphatic rings. The Morgan fingerprint density at radius 3 is 2.71 bits per heavy atom. The maximum Gasteiger partial charge on any atom is 0.417 e. The number of aromatic amines is 2. The average Bonchev–Trinajstić information content (AvgIpc) is 2.93. The lowest BCUT2D eigenvalue weighted by Crippen LogP contribution is -2.13. The van der Waals surface area contributed by atoms with Crippen molar-refractivity contribution in [2.75, 3.05) is 4.72 Å². The molecule has 0 amide bonds. The number of H-pyrrole nitrogens is 2. The van der Waals surface area contributed by atoms with Gasteiger partial charge in [0.25, 0.3) is 10.0 Å². The van der Waals surface area contributed by atoms with Crippen LogP contribution in [0.3, 0.4) is 0 Å². The number of nitrogens with one attached hydrogen (secondary N) is 3. The summed E-state index contributed by atoms with van der Waals surface area (Å²) in [7, 11) is -3.80. The Bertz CT molecular complexity index is 961. The van der Waals surface area contributed by atoms with Crippen molar-refractivity contribution in [3.05, 3.63) is 40.1 Å². The van der Waals surface area contributed by atoms with E-state index in [1.807, 2.05) is 0 Å². The van der Waals surface area contributed by atoms with Gasteiger partial charge in [0.05, 0.1) is 27.5 Å². The molecule has 110 valence electrons. The third kappa shape index (κ3) is 2.31. The van der Waals surface area contributed by atoms with Crippen molar-refractivity contribution in [3.63, 3.8) is 0 Å². The first kappa shape index (κ1) is 13.4. The van der Waals surface area contributed by atoms with Gasteiger partial charge in [0.15, 0.2) is 5.58 Å². The number of hydrogen-bond donors (Lipinski definition) is 3. The van der Waals surface area contributed by atoms with E-state index in [4.69, 9.17) is 4.42 Å². The van der Waals surface area contributed by atoms with Gasteiger partial charge in [-0.05, 0) is 26.0 Å². The number of oxazole rings is 1. The number of hydrogen-bond acceptors (Lipinski definition) is 5. The Morgan fingerprint density at radius 2 is 2.05 bits per heavy atom. The number of aromatic nitrogens is 3. The molecule has 0 saturated heterocycles. The van der Waals surface area contributed by atoms with Crippen molar-refractivity contribution in [2.45, 2.75) is 18.7 Å². The molecule has 21 heavy (non-hydrogen) atoms. The molecule has 3 aromatic rings. The number of benzene rings is 1. The van der Waals surface area contributed by atoms with Gasteiger partial charge in [-0.3, -0.25) is 14.8 Å². The second kappa shape index (κ2) is 4.48. The molecule has 2 aromatic heterocycles. The number of fused-ring (bicyclic) bond motifs is 1. The zero-order valence-electron chi connectivity index (χ0n) is 11.2. The minimum atomic E-state index is -3.80. The number of rotatable bonds is 3. The Morgan fingerprint density at radius 1 is 1.29 bits per heavy atom. The largest absolute Gasteiger partial charge is 0.417 e. The van der Waals surface area contributed by atoms with Gasteiger partial charge in [-0.15, -0.1) is 0 Å². The Labute approximate surface area is 119 Å². The molecule has 0 atom stereocenters. The van der Waals surface area contributed by atoms with E-state index in [-0.39, 0.29) is 10.5 Å². The molecule has 0 unspecified atom stereocenters. The van der Waals surface area contributed by atoms with Crippen LogP contribution in [-0.2, 0) is 10.0 Å². The fraction of sp³-hybridized carbons (Fsp3) is 0.167. The Hall–Kier alpha value is -2.55. The van der Waals surface area contributed by atoms with Crippen LogP contribution in [0.1, 0.15) is 11.4 Å². The van der Waals surface area contributed by atoms with Crippen LogP contribution >= 0.6 is 0 Å². The van der Waals surface area contributed by atoms with Crippen LogP contribution in [0.4, 0.5) is 5.69 Å². The minimum absolute atomic E-state index is 0.00208. The van der Waals surface area contributed by atoms with Gasteiger partial charge >= 0.3 is 5.76 Å². The van der Waals surface area contributed by atoms with E-state index in [1.165, 1.54) is 18.2 Å². The van der Waals surface area contributed by atoms with Crippen LogP contribution in [0.15, 0.2) is 32.3 Å². The fourth-order valence-electron chi connectivity index (χ4n) is 1.99. The Balaban J connectivity index is 2.05. The maximum absolute atomic E-state index is 12.4. The Kier molecular flexibility index (Phi) is 2.87. The predicted octanol–water partition coefficient (Wildman–Crippen LogP) is 1.26. The quantitative estimate of drug-likeness (QED) is 0.672. The van der Waals surface area contributed by atoms with Gasteiger partial charge in [0, 0.05) is 6.07 Å². The highest BCUT2D eigenvalue weighted by molar-refractivity contribution is 7.92. The van der Waals surface area contributed by atoms with Gasteiger partial charge in [-0.25, -0.2) is 13.2 Å². The van der Waals surface area contributed by atoms with Gasteiger partial charge in [-0.2, -0.15) is 5.10 Å². The lowest BCUT2D eigenvalue weighted by molar-refractivity contribution is 0.554. The lowest BCUT2D eigenvalue weighted by Gasteiger charge is -2.07. The average molecular weight is 308 g/mol. The molecule has 8 nitrogen and oxygen atoms in total. The summed E-state index contributed by atoms with van der Waals surface area (Å²) >= 11 is 0. The van der Waals surface area contributed by atoms with Crippen LogP contribution in [0.5, 0.6) is 0 Å². The van der Waals surface area contributed by atoms with Crippen molar-refractivity contribution in [1.29, 1.82) is 0 Å². The molecule has 3 rings (SSSR count). The highest BCUT2D eigenvalue weighted by Crippen LogP contribution is 2.23. The molecule has 2 heterocycles. The first-order valence-electron chi connectivity index (χ1n) is 6.04. The highest BCUT2D eigenvalue weighted by Gasteiger charge is 2.19. The molecule has 0 aliphatic heterocycles. The van der Waals surface area contributed by atoms with E-state index in [2.05, 4.69) is 19.9 Å². The van der Waals surface area contributed by atoms with Crippen LogP contribution in [0.2, 0.25) is 0 Å². The normalized spacial score (nSPS) is 11.9. The molecular formula is C12H12N4O4S. The van der Waals surface area contributed by atoms with Crippen LogP contribution in [0, 0.1) is 13.8 Å². The van der Waals surface area contributed by atoms with Crippen molar-refractivity contribution in [3.8, 4) is 0 Å². The molecule has 1 aromatic carbocycles. The maximum atomic E-state index is 12.4. The third-order valence-electron chi connectivity index (χ3n) is 3.07. The van der Waals surface area contributed by atoms with E-state index >= 15 is 0 Å². The topological polar surface area (TPSA) is 121 Å². The number of anilines is 1. The van der Waals surface area contributed by atoms with Gasteiger partial charge in [0.2, 0.25) is 0 Å². The molecule has 0 aliphatic carbocycles. The molecule has 3 N–H and O–H groups in total. The molecule has 0 radical (unpaired) electrons. The van der Waals surface area contributed by atoms with Gasteiger partial charge < -0.3 is 4.42 Å². The number of nitrogens with zero attached hydrogens (tertiary/aromatic N) is 1. The zero-order chi connectivity index (χ0) is 15.2. The molecule has 0 bridgehead atoms. The fourth-order valence-corrected chi connectivity index (χ4v) is 3.18. The predicted molar refractivity (Wildman–Crippen MR) is 75.7 cm³/mol. The summed E-state index contributed by atoms with van der Waals surface area (Å²) in [4.78, 5) is 13.5. The molecule has 9 heteroatoms. The van der Waals surface area contributed by atoms with Gasteiger partial charge in [0.1, 0.15) is 0 Å². The minimum Gasteiger partial charge on any atom is -0.408 e. The first-order valence-corrected chi connectivity index (χ1v) is 7.52. The van der Waals surface area contributed by atoms with Crippen molar-refractivity contribution in [1.82, 2.24) is 15.2 Å². The standard InChI is InChI=1S/C12H12N4O4S/c1-6-11(7(2)15-14-6)16-21(18,19)8-3-4-9-10(5-8)20-12(17)13-9/h3-5,16H,1-2H3,(H,13,17)(H,14,15). The molecule has 0 saturated carbocycles. The third-order valence-corrected chi connectivity index (χ3v) is 4.41. The SMILES string of the molecule is Cc1n[nH]c(C)c1NS(=O)(=O)c1ccc2[nH]c(=O)oc2c1. The molecule has 0 fully saturated rings. The number of sulfonamides is 1. The summed E-state index contributed by atoms with van der Waals surface area (Å²) < 4.78 is 32.1. The summed E-state index contributed by atoms with van der Waals surface area (Å²) in [5.74, 6) is -0.631. The summed E-state index contributed by atoms with van der Waals surface area (Å²) in [5.41, 5.74) is 2.19. The first-order chi connectivity index (χ1) is 9.87. The van der Waals surface area contributed by atoms with E-state index < -0.39 is 15.8 Å². The molecule has 0 spiro atoms. The van der Waals surface area contributed by atoms with Crippen LogP contribution < -0.4 is 10.5 Å². The monoisotopic (exact) mass is 308 g/mol. The smallest absolute Gasteiger partial charge is 0.408 e. The van der Waals surface area contributed by atoms with Crippen molar-refractivity contribution in [2.24, 2.45) is 0 Å². The van der Waals surface area contributed by atoms with E-state index in [9.17, 15) is 13.2 Å². The summed E-state index contributed by atoms with van der Waals surface area (Å²) in [6.07, 6.45) is 0.